The molecule has 0 aliphatic carbocycles. The van der Waals surface area contributed by atoms with Gasteiger partial charge in [0.15, 0.2) is 5.82 Å². The van der Waals surface area contributed by atoms with Gasteiger partial charge in [-0.2, -0.15) is 8.78 Å². The van der Waals surface area contributed by atoms with E-state index in [1.807, 2.05) is 0 Å². The summed E-state index contributed by atoms with van der Waals surface area (Å²) in [6.07, 6.45) is 0.556. The summed E-state index contributed by atoms with van der Waals surface area (Å²) in [4.78, 5) is 11.6. The minimum atomic E-state index is -2.84. The van der Waals surface area contributed by atoms with Gasteiger partial charge in [-0.3, -0.25) is 5.32 Å². The third-order valence-corrected chi connectivity index (χ3v) is 2.72. The lowest BCUT2D eigenvalue weighted by Gasteiger charge is -2.07. The summed E-state index contributed by atoms with van der Waals surface area (Å²) in [6, 6.07) is 7.45. The number of ether oxygens (including phenoxy) is 1. The predicted molar refractivity (Wildman–Crippen MR) is 75.0 cm³/mol. The van der Waals surface area contributed by atoms with Crippen molar-refractivity contribution in [3.8, 4) is 5.75 Å². The second-order valence-corrected chi connectivity index (χ2v) is 4.48. The Balaban J connectivity index is 1.72. The normalized spacial score (nSPS) is 10.5. The molecular formula is C14H15F2N3O3. The molecule has 118 valence electrons. The van der Waals surface area contributed by atoms with E-state index in [1.54, 1.807) is 25.1 Å². The average molecular weight is 311 g/mol. The van der Waals surface area contributed by atoms with Crippen molar-refractivity contribution < 1.29 is 22.8 Å². The molecule has 0 fully saturated rings. The third-order valence-electron chi connectivity index (χ3n) is 2.72. The van der Waals surface area contributed by atoms with Crippen LogP contribution in [-0.2, 0) is 6.42 Å². The molecule has 22 heavy (non-hydrogen) atoms. The Morgan fingerprint density at radius 1 is 1.36 bits per heavy atom. The van der Waals surface area contributed by atoms with Gasteiger partial charge < -0.3 is 14.6 Å². The maximum Gasteiger partial charge on any atom is 0.387 e. The van der Waals surface area contributed by atoms with E-state index in [1.165, 1.54) is 12.1 Å². The van der Waals surface area contributed by atoms with Crippen molar-refractivity contribution in [1.29, 1.82) is 0 Å². The van der Waals surface area contributed by atoms with Crippen LogP contribution < -0.4 is 15.4 Å². The molecule has 0 saturated carbocycles. The van der Waals surface area contributed by atoms with Crippen LogP contribution in [0.15, 0.2) is 34.9 Å². The first kappa shape index (κ1) is 15.7. The molecule has 1 heterocycles. The molecule has 0 atom stereocenters. The number of rotatable bonds is 6. The first-order valence-electron chi connectivity index (χ1n) is 6.55. The Morgan fingerprint density at radius 2 is 2.09 bits per heavy atom. The molecule has 1 aromatic heterocycles. The van der Waals surface area contributed by atoms with Crippen molar-refractivity contribution in [2.45, 2.75) is 20.0 Å². The molecule has 0 bridgehead atoms. The largest absolute Gasteiger partial charge is 0.435 e. The summed E-state index contributed by atoms with van der Waals surface area (Å²) in [5.74, 6) is 1.04. The van der Waals surface area contributed by atoms with Crippen molar-refractivity contribution in [2.24, 2.45) is 0 Å². The van der Waals surface area contributed by atoms with Crippen molar-refractivity contribution in [3.05, 3.63) is 41.7 Å². The topological polar surface area (TPSA) is 76.4 Å². The number of carbonyl (C=O) groups excluding carboxylic acids is 1. The number of halogens is 2. The summed E-state index contributed by atoms with van der Waals surface area (Å²) in [5.41, 5.74) is 0.888. The van der Waals surface area contributed by atoms with Crippen LogP contribution >= 0.6 is 0 Å². The van der Waals surface area contributed by atoms with E-state index in [0.717, 1.165) is 5.56 Å². The zero-order valence-corrected chi connectivity index (χ0v) is 11.8. The van der Waals surface area contributed by atoms with Gasteiger partial charge >= 0.3 is 12.6 Å². The third kappa shape index (κ3) is 5.04. The van der Waals surface area contributed by atoms with E-state index in [-0.39, 0.29) is 5.75 Å². The lowest BCUT2D eigenvalue weighted by atomic mass is 10.1. The van der Waals surface area contributed by atoms with Crippen LogP contribution in [0, 0.1) is 6.92 Å². The number of aromatic nitrogens is 1. The van der Waals surface area contributed by atoms with Crippen LogP contribution in [-0.4, -0.2) is 24.3 Å². The second-order valence-electron chi connectivity index (χ2n) is 4.48. The standard InChI is InChI=1S/C14H15F2N3O3/c1-9-8-12(19-22-9)18-14(20)17-7-6-10-2-4-11(5-3-10)21-13(15)16/h2-5,8,13H,6-7H2,1H3,(H2,17,18,19,20). The van der Waals surface area contributed by atoms with Gasteiger partial charge in [0.05, 0.1) is 0 Å². The lowest BCUT2D eigenvalue weighted by molar-refractivity contribution is -0.0498. The predicted octanol–water partition coefficient (Wildman–Crippen LogP) is 2.95. The van der Waals surface area contributed by atoms with Crippen LogP contribution in [0.4, 0.5) is 19.4 Å². The molecule has 2 aromatic rings. The number of nitrogens with one attached hydrogen (secondary N) is 2. The fraction of sp³-hybridized carbons (Fsp3) is 0.286. The molecule has 6 nitrogen and oxygen atoms in total. The number of amides is 2. The minimum absolute atomic E-state index is 0.103. The van der Waals surface area contributed by atoms with Crippen LogP contribution in [0.25, 0.3) is 0 Å². The SMILES string of the molecule is Cc1cc(NC(=O)NCCc2ccc(OC(F)F)cc2)no1. The number of benzene rings is 1. The molecule has 0 aliphatic rings. The summed E-state index contributed by atoms with van der Waals surface area (Å²) in [5, 5.41) is 8.81. The van der Waals surface area contributed by atoms with E-state index in [9.17, 15) is 13.6 Å². The fourth-order valence-electron chi connectivity index (χ4n) is 1.74. The van der Waals surface area contributed by atoms with Gasteiger partial charge in [-0.05, 0) is 31.0 Å². The quantitative estimate of drug-likeness (QED) is 0.860. The first-order valence-corrected chi connectivity index (χ1v) is 6.55. The number of carbonyl (C=O) groups is 1. The summed E-state index contributed by atoms with van der Waals surface area (Å²) in [6.45, 7) is -0.730. The molecule has 0 spiro atoms. The summed E-state index contributed by atoms with van der Waals surface area (Å²) >= 11 is 0. The Bertz CT molecular complexity index is 614. The van der Waals surface area contributed by atoms with Gasteiger partial charge in [0.25, 0.3) is 0 Å². The molecule has 2 rings (SSSR count). The van der Waals surface area contributed by atoms with Crippen LogP contribution in [0.3, 0.4) is 0 Å². The molecule has 0 unspecified atom stereocenters. The monoisotopic (exact) mass is 311 g/mol. The summed E-state index contributed by atoms with van der Waals surface area (Å²) in [7, 11) is 0. The van der Waals surface area contributed by atoms with Crippen molar-refractivity contribution in [2.75, 3.05) is 11.9 Å². The highest BCUT2D eigenvalue weighted by Crippen LogP contribution is 2.15. The van der Waals surface area contributed by atoms with E-state index in [4.69, 9.17) is 4.52 Å². The van der Waals surface area contributed by atoms with Gasteiger partial charge in [-0.1, -0.05) is 17.3 Å². The molecular weight excluding hydrogens is 296 g/mol. The van der Waals surface area contributed by atoms with Gasteiger partial charge in [0.2, 0.25) is 0 Å². The van der Waals surface area contributed by atoms with Gasteiger partial charge in [0, 0.05) is 12.6 Å². The smallest absolute Gasteiger partial charge is 0.387 e. The molecule has 8 heteroatoms. The second kappa shape index (κ2) is 7.39. The average Bonchev–Trinajstić information content (AvgIpc) is 2.85. The minimum Gasteiger partial charge on any atom is -0.435 e. The van der Waals surface area contributed by atoms with Crippen molar-refractivity contribution >= 4 is 11.8 Å². The Kier molecular flexibility index (Phi) is 5.29. The molecule has 0 radical (unpaired) electrons. The lowest BCUT2D eigenvalue weighted by Crippen LogP contribution is -2.30. The van der Waals surface area contributed by atoms with E-state index in [2.05, 4.69) is 20.5 Å². The highest BCUT2D eigenvalue weighted by atomic mass is 19.3. The fourth-order valence-corrected chi connectivity index (χ4v) is 1.74. The van der Waals surface area contributed by atoms with Crippen molar-refractivity contribution in [1.82, 2.24) is 10.5 Å². The highest BCUT2D eigenvalue weighted by Gasteiger charge is 2.06. The molecule has 2 amide bonds. The number of nitrogens with zero attached hydrogens (tertiary/aromatic N) is 1. The maximum atomic E-state index is 12.0. The number of hydrogen-bond donors (Lipinski definition) is 2. The Morgan fingerprint density at radius 3 is 2.68 bits per heavy atom. The van der Waals surface area contributed by atoms with E-state index >= 15 is 0 Å². The highest BCUT2D eigenvalue weighted by molar-refractivity contribution is 5.88. The Labute approximate surface area is 125 Å². The number of urea groups is 1. The number of hydrogen-bond acceptors (Lipinski definition) is 4. The van der Waals surface area contributed by atoms with Crippen molar-refractivity contribution in [3.63, 3.8) is 0 Å². The first-order chi connectivity index (χ1) is 10.5. The number of aryl methyl sites for hydroxylation is 1. The van der Waals surface area contributed by atoms with Crippen LogP contribution in [0.1, 0.15) is 11.3 Å². The molecule has 0 saturated heterocycles. The zero-order chi connectivity index (χ0) is 15.9. The number of anilines is 1. The van der Waals surface area contributed by atoms with Gasteiger partial charge in [-0.25, -0.2) is 4.79 Å². The molecule has 0 aliphatic heterocycles. The van der Waals surface area contributed by atoms with Crippen LogP contribution in [0.5, 0.6) is 5.75 Å². The van der Waals surface area contributed by atoms with E-state index < -0.39 is 12.6 Å². The number of alkyl halides is 2. The maximum absolute atomic E-state index is 12.0. The summed E-state index contributed by atoms with van der Waals surface area (Å²) < 4.78 is 33.1. The Hall–Kier alpha value is -2.64. The molecule has 1 aromatic carbocycles. The van der Waals surface area contributed by atoms with Gasteiger partial charge in [-0.15, -0.1) is 0 Å². The zero-order valence-electron chi connectivity index (χ0n) is 11.8. The van der Waals surface area contributed by atoms with Gasteiger partial charge in [0.1, 0.15) is 11.5 Å². The van der Waals surface area contributed by atoms with E-state index in [0.29, 0.717) is 24.5 Å². The molecule has 2 N–H and O–H groups in total. The van der Waals surface area contributed by atoms with Crippen LogP contribution in [0.2, 0.25) is 0 Å².